The Balaban J connectivity index is 1.93. The smallest absolute Gasteiger partial charge is 0.335 e. The van der Waals surface area contributed by atoms with Crippen molar-refractivity contribution < 1.29 is 23.6 Å². The number of nitrogens with zero attached hydrogens (tertiary/aromatic N) is 1. The molecule has 0 spiro atoms. The average Bonchev–Trinajstić information content (AvgIpc) is 3.06. The van der Waals surface area contributed by atoms with Crippen LogP contribution in [0.2, 0.25) is 0 Å². The predicted octanol–water partition coefficient (Wildman–Crippen LogP) is 3.39. The van der Waals surface area contributed by atoms with Gasteiger partial charge in [-0.1, -0.05) is 0 Å². The van der Waals surface area contributed by atoms with Crippen LogP contribution in [-0.4, -0.2) is 22.5 Å². The normalized spacial score (nSPS) is 19.8. The van der Waals surface area contributed by atoms with Crippen molar-refractivity contribution in [1.29, 1.82) is 0 Å². The molecule has 1 fully saturated rings. The number of halogens is 2. The van der Waals surface area contributed by atoms with Crippen LogP contribution in [0.25, 0.3) is 0 Å². The number of carboxylic acids is 1. The Morgan fingerprint density at radius 2 is 1.96 bits per heavy atom. The van der Waals surface area contributed by atoms with Gasteiger partial charge in [-0.15, -0.1) is 0 Å². The highest BCUT2D eigenvalue weighted by atomic mass is 19.1. The molecule has 6 nitrogen and oxygen atoms in total. The van der Waals surface area contributed by atoms with E-state index in [1.54, 1.807) is 0 Å². The van der Waals surface area contributed by atoms with Gasteiger partial charge in [0.1, 0.15) is 11.6 Å². The number of carbonyl (C=O) groups is 1. The Labute approximate surface area is 141 Å². The highest BCUT2D eigenvalue weighted by Gasteiger charge is 2.31. The van der Waals surface area contributed by atoms with E-state index in [0.717, 1.165) is 24.3 Å². The fraction of sp³-hybridized carbons (Fsp3) is 0.235. The first-order chi connectivity index (χ1) is 11.9. The molecule has 0 saturated carbocycles. The standard InChI is InChI=1S/C17H14F2N2O4/c18-10-1-4-15(19)14(6-10)16-5-9(8-20-16)13-7-11(21(24)25)2-3-12(13)17(22)23/h1-4,6-7,9,16,20H,5,8H2,(H,22,23)/t9-,16+/m1/s1. The molecule has 2 N–H and O–H groups in total. The number of benzene rings is 2. The largest absolute Gasteiger partial charge is 0.478 e. The molecule has 0 amide bonds. The molecule has 1 aliphatic rings. The summed E-state index contributed by atoms with van der Waals surface area (Å²) in [6, 6.07) is 6.23. The molecule has 25 heavy (non-hydrogen) atoms. The van der Waals surface area contributed by atoms with Crippen LogP contribution in [0.4, 0.5) is 14.5 Å². The molecule has 2 aromatic rings. The number of carboxylic acid groups (broad SMARTS) is 1. The SMILES string of the molecule is O=C(O)c1ccc([N+](=O)[O-])cc1[C@H]1CN[C@H](c2cc(F)ccc2F)C1. The molecule has 0 aromatic heterocycles. The molecule has 130 valence electrons. The van der Waals surface area contributed by atoms with Gasteiger partial charge in [0.15, 0.2) is 0 Å². The molecule has 3 rings (SSSR count). The maximum atomic E-state index is 13.9. The molecule has 8 heteroatoms. The molecule has 0 aliphatic carbocycles. The highest BCUT2D eigenvalue weighted by Crippen LogP contribution is 2.37. The van der Waals surface area contributed by atoms with Crippen LogP contribution < -0.4 is 5.32 Å². The quantitative estimate of drug-likeness (QED) is 0.653. The second-order valence-electron chi connectivity index (χ2n) is 5.89. The molecule has 2 aromatic carbocycles. The summed E-state index contributed by atoms with van der Waals surface area (Å²) >= 11 is 0. The molecule has 1 heterocycles. The third-order valence-electron chi connectivity index (χ3n) is 4.38. The first kappa shape index (κ1) is 17.0. The van der Waals surface area contributed by atoms with Gasteiger partial charge in [-0.2, -0.15) is 0 Å². The first-order valence-corrected chi connectivity index (χ1v) is 7.56. The summed E-state index contributed by atoms with van der Waals surface area (Å²) in [5.74, 6) is -2.68. The number of non-ortho nitro benzene ring substituents is 1. The van der Waals surface area contributed by atoms with Crippen molar-refractivity contribution in [2.45, 2.75) is 18.4 Å². The second-order valence-corrected chi connectivity index (χ2v) is 5.89. The number of nitrogens with one attached hydrogen (secondary N) is 1. The van der Waals surface area contributed by atoms with E-state index in [1.165, 1.54) is 12.1 Å². The number of rotatable bonds is 4. The van der Waals surface area contributed by atoms with Gasteiger partial charge in [-0.3, -0.25) is 10.1 Å². The third-order valence-corrected chi connectivity index (χ3v) is 4.38. The van der Waals surface area contributed by atoms with Gasteiger partial charge in [0, 0.05) is 30.3 Å². The number of aromatic carboxylic acids is 1. The lowest BCUT2D eigenvalue weighted by molar-refractivity contribution is -0.384. The number of nitro groups is 1. The Morgan fingerprint density at radius 1 is 1.20 bits per heavy atom. The fourth-order valence-corrected chi connectivity index (χ4v) is 3.19. The Hall–Kier alpha value is -2.87. The average molecular weight is 348 g/mol. The van der Waals surface area contributed by atoms with E-state index >= 15 is 0 Å². The van der Waals surface area contributed by atoms with E-state index in [9.17, 15) is 28.8 Å². The summed E-state index contributed by atoms with van der Waals surface area (Å²) in [6.07, 6.45) is 0.307. The summed E-state index contributed by atoms with van der Waals surface area (Å²) in [5, 5.41) is 23.3. The van der Waals surface area contributed by atoms with Gasteiger partial charge in [0.05, 0.1) is 10.5 Å². The van der Waals surface area contributed by atoms with E-state index in [1.807, 2.05) is 0 Å². The molecule has 0 bridgehead atoms. The van der Waals surface area contributed by atoms with Crippen molar-refractivity contribution in [1.82, 2.24) is 5.32 Å². The third kappa shape index (κ3) is 3.34. The molecule has 1 aliphatic heterocycles. The van der Waals surface area contributed by atoms with Crippen molar-refractivity contribution in [2.24, 2.45) is 0 Å². The minimum Gasteiger partial charge on any atom is -0.478 e. The Morgan fingerprint density at radius 3 is 2.64 bits per heavy atom. The van der Waals surface area contributed by atoms with E-state index in [0.29, 0.717) is 18.5 Å². The van der Waals surface area contributed by atoms with Crippen LogP contribution >= 0.6 is 0 Å². The van der Waals surface area contributed by atoms with Crippen LogP contribution in [0, 0.1) is 21.7 Å². The monoisotopic (exact) mass is 348 g/mol. The van der Waals surface area contributed by atoms with Crippen molar-refractivity contribution in [3.8, 4) is 0 Å². The Kier molecular flexibility index (Phi) is 4.45. The molecule has 0 radical (unpaired) electrons. The lowest BCUT2D eigenvalue weighted by atomic mass is 9.90. The summed E-state index contributed by atoms with van der Waals surface area (Å²) in [5.41, 5.74) is 0.233. The van der Waals surface area contributed by atoms with Gasteiger partial charge >= 0.3 is 5.97 Å². The van der Waals surface area contributed by atoms with Crippen LogP contribution in [0.3, 0.4) is 0 Å². The maximum Gasteiger partial charge on any atom is 0.335 e. The van der Waals surface area contributed by atoms with Gasteiger partial charge in [-0.25, -0.2) is 13.6 Å². The van der Waals surface area contributed by atoms with E-state index in [-0.39, 0.29) is 22.7 Å². The lowest BCUT2D eigenvalue weighted by Crippen LogP contribution is -2.15. The van der Waals surface area contributed by atoms with Gasteiger partial charge in [-0.05, 0) is 42.2 Å². The molecule has 0 unspecified atom stereocenters. The topological polar surface area (TPSA) is 92.5 Å². The van der Waals surface area contributed by atoms with Gasteiger partial charge in [0.25, 0.3) is 5.69 Å². The van der Waals surface area contributed by atoms with Crippen molar-refractivity contribution in [3.63, 3.8) is 0 Å². The zero-order valence-electron chi connectivity index (χ0n) is 12.9. The summed E-state index contributed by atoms with van der Waals surface area (Å²) < 4.78 is 27.3. The lowest BCUT2D eigenvalue weighted by Gasteiger charge is -2.14. The second kappa shape index (κ2) is 6.56. The number of hydrogen-bond donors (Lipinski definition) is 2. The molecular weight excluding hydrogens is 334 g/mol. The molecule has 2 atom stereocenters. The number of hydrogen-bond acceptors (Lipinski definition) is 4. The van der Waals surface area contributed by atoms with Crippen molar-refractivity contribution in [2.75, 3.05) is 6.54 Å². The fourth-order valence-electron chi connectivity index (χ4n) is 3.19. The van der Waals surface area contributed by atoms with Crippen LogP contribution in [-0.2, 0) is 0 Å². The summed E-state index contributed by atoms with van der Waals surface area (Å²) in [4.78, 5) is 21.8. The minimum atomic E-state index is -1.19. The van der Waals surface area contributed by atoms with Crippen LogP contribution in [0.1, 0.15) is 39.9 Å². The van der Waals surface area contributed by atoms with E-state index in [2.05, 4.69) is 5.32 Å². The van der Waals surface area contributed by atoms with Crippen LogP contribution in [0.15, 0.2) is 36.4 Å². The maximum absolute atomic E-state index is 13.9. The van der Waals surface area contributed by atoms with Gasteiger partial charge in [0.2, 0.25) is 0 Å². The predicted molar refractivity (Wildman–Crippen MR) is 84.5 cm³/mol. The zero-order chi connectivity index (χ0) is 18.1. The Bertz CT molecular complexity index is 857. The zero-order valence-corrected chi connectivity index (χ0v) is 12.9. The first-order valence-electron chi connectivity index (χ1n) is 7.56. The minimum absolute atomic E-state index is 0.0298. The molecular formula is C17H14F2N2O4. The van der Waals surface area contributed by atoms with Crippen LogP contribution in [0.5, 0.6) is 0 Å². The van der Waals surface area contributed by atoms with E-state index in [4.69, 9.17) is 0 Å². The molecule has 1 saturated heterocycles. The van der Waals surface area contributed by atoms with Crippen molar-refractivity contribution >= 4 is 11.7 Å². The highest BCUT2D eigenvalue weighted by molar-refractivity contribution is 5.90. The number of nitro benzene ring substituents is 1. The van der Waals surface area contributed by atoms with Crippen molar-refractivity contribution in [3.05, 3.63) is 74.8 Å². The van der Waals surface area contributed by atoms with Gasteiger partial charge < -0.3 is 10.4 Å². The summed E-state index contributed by atoms with van der Waals surface area (Å²) in [7, 11) is 0. The van der Waals surface area contributed by atoms with E-state index < -0.39 is 28.6 Å². The summed E-state index contributed by atoms with van der Waals surface area (Å²) in [6.45, 7) is 0.308.